The summed E-state index contributed by atoms with van der Waals surface area (Å²) in [5.41, 5.74) is 2.72. The van der Waals surface area contributed by atoms with E-state index >= 15 is 0 Å². The van der Waals surface area contributed by atoms with Gasteiger partial charge in [0.1, 0.15) is 0 Å². The summed E-state index contributed by atoms with van der Waals surface area (Å²) in [5, 5.41) is 11.1. The molecule has 0 bridgehead atoms. The maximum absolute atomic E-state index is 12.0. The lowest BCUT2D eigenvalue weighted by Gasteiger charge is -2.05. The maximum Gasteiger partial charge on any atom is 0.234 e. The number of aromatic amines is 1. The number of hydrogen-bond donors (Lipinski definition) is 2. The molecule has 0 aliphatic rings. The van der Waals surface area contributed by atoms with Crippen molar-refractivity contribution in [2.24, 2.45) is 0 Å². The second kappa shape index (κ2) is 7.91. The van der Waals surface area contributed by atoms with Crippen molar-refractivity contribution < 1.29 is 4.79 Å². The van der Waals surface area contributed by atoms with E-state index in [1.165, 1.54) is 17.3 Å². The van der Waals surface area contributed by atoms with E-state index in [0.29, 0.717) is 26.7 Å². The third kappa shape index (κ3) is 4.75. The number of nitrogens with one attached hydrogen (secondary N) is 2. The minimum absolute atomic E-state index is 0.176. The Morgan fingerprint density at radius 3 is 2.64 bits per heavy atom. The van der Waals surface area contributed by atoms with E-state index in [-0.39, 0.29) is 11.7 Å². The van der Waals surface area contributed by atoms with E-state index in [1.54, 1.807) is 18.2 Å². The molecule has 2 N–H and O–H groups in total. The molecule has 0 aliphatic carbocycles. The molecule has 3 rings (SSSR count). The Kier molecular flexibility index (Phi) is 5.63. The highest BCUT2D eigenvalue weighted by Gasteiger charge is 2.10. The number of amides is 1. The summed E-state index contributed by atoms with van der Waals surface area (Å²) in [6.45, 7) is 2.03. The first kappa shape index (κ1) is 17.8. The van der Waals surface area contributed by atoms with Crippen molar-refractivity contribution in [2.75, 3.05) is 11.1 Å². The first-order valence-corrected chi connectivity index (χ1v) is 9.12. The van der Waals surface area contributed by atoms with Crippen LogP contribution < -0.4 is 5.32 Å². The van der Waals surface area contributed by atoms with Gasteiger partial charge < -0.3 is 5.32 Å². The molecule has 0 aliphatic heterocycles. The molecule has 5 nitrogen and oxygen atoms in total. The number of thioether (sulfide) groups is 1. The lowest BCUT2D eigenvalue weighted by molar-refractivity contribution is -0.113. The van der Waals surface area contributed by atoms with Gasteiger partial charge in [0.15, 0.2) is 5.82 Å². The number of anilines is 1. The molecular weight excluding hydrogens is 379 g/mol. The number of hydrogen-bond acceptors (Lipinski definition) is 4. The summed E-state index contributed by atoms with van der Waals surface area (Å²) in [5.74, 6) is 0.684. The number of halogens is 2. The molecule has 25 heavy (non-hydrogen) atoms. The Labute approximate surface area is 159 Å². The monoisotopic (exact) mass is 392 g/mol. The summed E-state index contributed by atoms with van der Waals surface area (Å²) in [6, 6.07) is 12.9. The van der Waals surface area contributed by atoms with Crippen LogP contribution in [0.25, 0.3) is 11.4 Å². The maximum atomic E-state index is 12.0. The quantitative estimate of drug-likeness (QED) is 0.610. The SMILES string of the molecule is Cc1ccc(-c2nc(SCC(=O)Nc3ccc(Cl)c(Cl)c3)n[nH]2)cc1. The minimum atomic E-state index is -0.176. The van der Waals surface area contributed by atoms with E-state index < -0.39 is 0 Å². The van der Waals surface area contributed by atoms with E-state index in [9.17, 15) is 4.79 Å². The van der Waals surface area contributed by atoms with E-state index in [0.717, 1.165) is 5.56 Å². The summed E-state index contributed by atoms with van der Waals surface area (Å²) in [6.07, 6.45) is 0. The third-order valence-electron chi connectivity index (χ3n) is 3.33. The van der Waals surface area contributed by atoms with Crippen molar-refractivity contribution in [3.05, 3.63) is 58.1 Å². The molecule has 1 amide bonds. The number of benzene rings is 2. The number of aromatic nitrogens is 3. The van der Waals surface area contributed by atoms with Gasteiger partial charge in [0.2, 0.25) is 11.1 Å². The lowest BCUT2D eigenvalue weighted by Crippen LogP contribution is -2.14. The van der Waals surface area contributed by atoms with Gasteiger partial charge in [0.25, 0.3) is 0 Å². The Hall–Kier alpha value is -2.02. The average molecular weight is 393 g/mol. The average Bonchev–Trinajstić information content (AvgIpc) is 3.06. The molecule has 0 fully saturated rings. The predicted molar refractivity (Wildman–Crippen MR) is 102 cm³/mol. The first-order valence-electron chi connectivity index (χ1n) is 7.38. The van der Waals surface area contributed by atoms with Crippen LogP contribution in [0.4, 0.5) is 5.69 Å². The number of carbonyl (C=O) groups excluding carboxylic acids is 1. The van der Waals surface area contributed by atoms with Gasteiger partial charge in [-0.3, -0.25) is 9.89 Å². The number of rotatable bonds is 5. The number of nitrogens with zero attached hydrogens (tertiary/aromatic N) is 2. The van der Waals surface area contributed by atoms with E-state index in [2.05, 4.69) is 20.5 Å². The molecule has 0 atom stereocenters. The molecule has 0 unspecified atom stereocenters. The lowest BCUT2D eigenvalue weighted by atomic mass is 10.1. The molecular formula is C17H14Cl2N4OS. The molecule has 0 saturated heterocycles. The summed E-state index contributed by atoms with van der Waals surface area (Å²) >= 11 is 13.0. The molecule has 0 saturated carbocycles. The standard InChI is InChI=1S/C17H14Cl2N4OS/c1-10-2-4-11(5-3-10)16-21-17(23-22-16)25-9-15(24)20-12-6-7-13(18)14(19)8-12/h2-8H,9H2,1H3,(H,20,24)(H,21,22,23). The van der Waals surface area contributed by atoms with E-state index in [4.69, 9.17) is 23.2 Å². The highest BCUT2D eigenvalue weighted by Crippen LogP contribution is 2.25. The van der Waals surface area contributed by atoms with Crippen molar-refractivity contribution in [3.63, 3.8) is 0 Å². The van der Waals surface area contributed by atoms with Crippen LogP contribution in [0.3, 0.4) is 0 Å². The van der Waals surface area contributed by atoms with E-state index in [1.807, 2.05) is 31.2 Å². The van der Waals surface area contributed by atoms with Crippen LogP contribution in [0.2, 0.25) is 10.0 Å². The van der Waals surface area contributed by atoms with Crippen LogP contribution in [0.15, 0.2) is 47.6 Å². The van der Waals surface area contributed by atoms with Gasteiger partial charge in [-0.15, -0.1) is 5.10 Å². The van der Waals surface area contributed by atoms with Crippen molar-refractivity contribution in [2.45, 2.75) is 12.1 Å². The smallest absolute Gasteiger partial charge is 0.234 e. The van der Waals surface area contributed by atoms with Crippen LogP contribution in [0, 0.1) is 6.92 Å². The van der Waals surface area contributed by atoms with Gasteiger partial charge in [-0.1, -0.05) is 64.8 Å². The zero-order valence-electron chi connectivity index (χ0n) is 13.2. The Balaban J connectivity index is 1.57. The van der Waals surface area contributed by atoms with Crippen LogP contribution in [-0.4, -0.2) is 26.8 Å². The van der Waals surface area contributed by atoms with Crippen LogP contribution in [0.5, 0.6) is 0 Å². The van der Waals surface area contributed by atoms with Gasteiger partial charge >= 0.3 is 0 Å². The van der Waals surface area contributed by atoms with Gasteiger partial charge in [0, 0.05) is 11.3 Å². The van der Waals surface area contributed by atoms with Crippen LogP contribution in [-0.2, 0) is 4.79 Å². The molecule has 2 aromatic carbocycles. The molecule has 8 heteroatoms. The van der Waals surface area contributed by atoms with Gasteiger partial charge in [-0.25, -0.2) is 4.98 Å². The zero-order chi connectivity index (χ0) is 17.8. The van der Waals surface area contributed by atoms with Crippen molar-refractivity contribution in [1.82, 2.24) is 15.2 Å². The summed E-state index contributed by atoms with van der Waals surface area (Å²) in [7, 11) is 0. The van der Waals surface area contributed by atoms with Gasteiger partial charge in [-0.2, -0.15) is 0 Å². The highest BCUT2D eigenvalue weighted by atomic mass is 35.5. The number of H-pyrrole nitrogens is 1. The fourth-order valence-corrected chi connectivity index (χ4v) is 2.95. The Morgan fingerprint density at radius 2 is 1.92 bits per heavy atom. The van der Waals surface area contributed by atoms with Crippen LogP contribution >= 0.6 is 35.0 Å². The number of carbonyl (C=O) groups is 1. The Morgan fingerprint density at radius 1 is 1.16 bits per heavy atom. The summed E-state index contributed by atoms with van der Waals surface area (Å²) < 4.78 is 0. The number of aryl methyl sites for hydroxylation is 1. The first-order chi connectivity index (χ1) is 12.0. The van der Waals surface area contributed by atoms with Crippen molar-refractivity contribution >= 4 is 46.6 Å². The highest BCUT2D eigenvalue weighted by molar-refractivity contribution is 7.99. The second-order valence-corrected chi connectivity index (χ2v) is 7.06. The molecule has 0 radical (unpaired) electrons. The largest absolute Gasteiger partial charge is 0.325 e. The van der Waals surface area contributed by atoms with Gasteiger partial charge in [0.05, 0.1) is 15.8 Å². The third-order valence-corrected chi connectivity index (χ3v) is 4.91. The summed E-state index contributed by atoms with van der Waals surface area (Å²) in [4.78, 5) is 16.4. The molecule has 128 valence electrons. The molecule has 1 heterocycles. The topological polar surface area (TPSA) is 70.7 Å². The fourth-order valence-electron chi connectivity index (χ4n) is 2.05. The van der Waals surface area contributed by atoms with Crippen molar-refractivity contribution in [1.29, 1.82) is 0 Å². The van der Waals surface area contributed by atoms with Crippen molar-refractivity contribution in [3.8, 4) is 11.4 Å². The normalized spacial score (nSPS) is 10.7. The molecule has 3 aromatic rings. The molecule has 1 aromatic heterocycles. The van der Waals surface area contributed by atoms with Gasteiger partial charge in [-0.05, 0) is 25.1 Å². The zero-order valence-corrected chi connectivity index (χ0v) is 15.5. The fraction of sp³-hybridized carbons (Fsp3) is 0.118. The second-order valence-electron chi connectivity index (χ2n) is 5.30. The molecule has 0 spiro atoms. The Bertz CT molecular complexity index is 896. The van der Waals surface area contributed by atoms with Crippen LogP contribution in [0.1, 0.15) is 5.56 Å². The minimum Gasteiger partial charge on any atom is -0.325 e. The predicted octanol–water partition coefficient (Wildman–Crippen LogP) is 4.82.